The van der Waals surface area contributed by atoms with Crippen LogP contribution in [0, 0.1) is 0 Å². The summed E-state index contributed by atoms with van der Waals surface area (Å²) in [6.45, 7) is 5.35. The normalized spacial score (nSPS) is 10.8. The van der Waals surface area contributed by atoms with Gasteiger partial charge in [0.2, 0.25) is 0 Å². The van der Waals surface area contributed by atoms with E-state index in [4.69, 9.17) is 16.3 Å². The molecule has 0 aliphatic carbocycles. The molecule has 0 fully saturated rings. The number of aromatic nitrogens is 2. The minimum absolute atomic E-state index is 0.0162. The standard InChI is InChI=1S/C12H20ClN3O3/c1-2-3-7-19-8-5-14-4-6-16-9-10(13)11(17)15-12(16)18/h9,14H,2-8H2,1H3,(H,15,17,18). The van der Waals surface area contributed by atoms with Crippen LogP contribution in [0.3, 0.4) is 0 Å². The van der Waals surface area contributed by atoms with Crippen molar-refractivity contribution in [1.82, 2.24) is 14.9 Å². The number of hydrogen-bond acceptors (Lipinski definition) is 4. The van der Waals surface area contributed by atoms with E-state index in [0.29, 0.717) is 19.7 Å². The van der Waals surface area contributed by atoms with Crippen LogP contribution in [0.2, 0.25) is 5.02 Å². The first kappa shape index (κ1) is 15.9. The first-order chi connectivity index (χ1) is 9.15. The highest BCUT2D eigenvalue weighted by Crippen LogP contribution is 1.94. The van der Waals surface area contributed by atoms with E-state index in [1.54, 1.807) is 0 Å². The Morgan fingerprint density at radius 1 is 1.37 bits per heavy atom. The summed E-state index contributed by atoms with van der Waals surface area (Å²) in [5.74, 6) is 0. The number of hydrogen-bond donors (Lipinski definition) is 2. The number of nitrogens with zero attached hydrogens (tertiary/aromatic N) is 1. The fourth-order valence-corrected chi connectivity index (χ4v) is 1.63. The zero-order valence-corrected chi connectivity index (χ0v) is 11.8. The minimum atomic E-state index is -0.555. The molecule has 2 N–H and O–H groups in total. The molecule has 0 bridgehead atoms. The molecule has 1 aromatic rings. The molecule has 0 radical (unpaired) electrons. The van der Waals surface area contributed by atoms with Crippen LogP contribution in [0.4, 0.5) is 0 Å². The van der Waals surface area contributed by atoms with Gasteiger partial charge in [-0.15, -0.1) is 0 Å². The van der Waals surface area contributed by atoms with Gasteiger partial charge >= 0.3 is 5.69 Å². The van der Waals surface area contributed by atoms with Crippen LogP contribution in [0.25, 0.3) is 0 Å². The van der Waals surface area contributed by atoms with Crippen molar-refractivity contribution >= 4 is 11.6 Å². The highest BCUT2D eigenvalue weighted by atomic mass is 35.5. The molecule has 1 heterocycles. The lowest BCUT2D eigenvalue weighted by molar-refractivity contribution is 0.133. The van der Waals surface area contributed by atoms with Gasteiger partial charge in [-0.3, -0.25) is 14.3 Å². The number of nitrogens with one attached hydrogen (secondary N) is 2. The Hall–Kier alpha value is -1.11. The van der Waals surface area contributed by atoms with Crippen LogP contribution in [-0.2, 0) is 11.3 Å². The fourth-order valence-electron chi connectivity index (χ4n) is 1.47. The monoisotopic (exact) mass is 289 g/mol. The molecule has 0 saturated carbocycles. The highest BCUT2D eigenvalue weighted by molar-refractivity contribution is 6.30. The molecule has 6 nitrogen and oxygen atoms in total. The Morgan fingerprint density at radius 3 is 2.89 bits per heavy atom. The summed E-state index contributed by atoms with van der Waals surface area (Å²) in [6, 6.07) is 0. The minimum Gasteiger partial charge on any atom is -0.380 e. The van der Waals surface area contributed by atoms with Gasteiger partial charge in [-0.2, -0.15) is 0 Å². The molecular formula is C12H20ClN3O3. The van der Waals surface area contributed by atoms with Crippen molar-refractivity contribution in [2.45, 2.75) is 26.3 Å². The third-order valence-corrected chi connectivity index (χ3v) is 2.83. The van der Waals surface area contributed by atoms with E-state index < -0.39 is 11.2 Å². The molecule has 7 heteroatoms. The summed E-state index contributed by atoms with van der Waals surface area (Å²) >= 11 is 5.65. The maximum atomic E-state index is 11.4. The maximum absolute atomic E-state index is 11.4. The molecular weight excluding hydrogens is 270 g/mol. The predicted octanol–water partition coefficient (Wildman–Crippen LogP) is 0.596. The molecule has 0 atom stereocenters. The summed E-state index contributed by atoms with van der Waals surface area (Å²) in [5.41, 5.74) is -1.00. The number of halogens is 1. The molecule has 1 rings (SSSR count). The number of rotatable bonds is 9. The van der Waals surface area contributed by atoms with E-state index >= 15 is 0 Å². The van der Waals surface area contributed by atoms with Crippen molar-refractivity contribution in [3.63, 3.8) is 0 Å². The van der Waals surface area contributed by atoms with Gasteiger partial charge in [0.25, 0.3) is 5.56 Å². The molecule has 0 aliphatic rings. The van der Waals surface area contributed by atoms with E-state index in [1.165, 1.54) is 10.8 Å². The second-order valence-corrected chi connectivity index (χ2v) is 4.55. The Morgan fingerprint density at radius 2 is 2.16 bits per heavy atom. The number of H-pyrrole nitrogens is 1. The number of ether oxygens (including phenoxy) is 1. The Kier molecular flexibility index (Phi) is 7.47. The number of aromatic amines is 1. The maximum Gasteiger partial charge on any atom is 0.328 e. The van der Waals surface area contributed by atoms with E-state index in [2.05, 4.69) is 17.2 Å². The molecule has 108 valence electrons. The summed E-state index contributed by atoms with van der Waals surface area (Å²) in [4.78, 5) is 24.6. The molecule has 0 aliphatic heterocycles. The molecule has 0 amide bonds. The van der Waals surface area contributed by atoms with Gasteiger partial charge in [0, 0.05) is 32.4 Å². The SMILES string of the molecule is CCCCOCCNCCn1cc(Cl)c(=O)[nH]c1=O. The summed E-state index contributed by atoms with van der Waals surface area (Å²) in [6.07, 6.45) is 3.55. The second-order valence-electron chi connectivity index (χ2n) is 4.15. The van der Waals surface area contributed by atoms with Crippen LogP contribution in [0.5, 0.6) is 0 Å². The zero-order valence-electron chi connectivity index (χ0n) is 11.1. The lowest BCUT2D eigenvalue weighted by atomic mass is 10.4. The van der Waals surface area contributed by atoms with Gasteiger partial charge < -0.3 is 10.1 Å². The van der Waals surface area contributed by atoms with Gasteiger partial charge in [-0.1, -0.05) is 24.9 Å². The van der Waals surface area contributed by atoms with Crippen molar-refractivity contribution in [3.05, 3.63) is 32.1 Å². The summed E-state index contributed by atoms with van der Waals surface area (Å²) in [5, 5.41) is 3.17. The molecule has 1 aromatic heterocycles. The smallest absolute Gasteiger partial charge is 0.328 e. The van der Waals surface area contributed by atoms with E-state index in [-0.39, 0.29) is 5.02 Å². The van der Waals surface area contributed by atoms with Crippen molar-refractivity contribution < 1.29 is 4.74 Å². The van der Waals surface area contributed by atoms with Gasteiger partial charge in [-0.05, 0) is 6.42 Å². The van der Waals surface area contributed by atoms with E-state index in [0.717, 1.165) is 26.0 Å². The highest BCUT2D eigenvalue weighted by Gasteiger charge is 2.01. The predicted molar refractivity (Wildman–Crippen MR) is 74.9 cm³/mol. The van der Waals surface area contributed by atoms with Gasteiger partial charge in [0.15, 0.2) is 0 Å². The quantitative estimate of drug-likeness (QED) is 0.653. The Bertz CT molecular complexity index is 484. The lowest BCUT2D eigenvalue weighted by Gasteiger charge is -2.07. The van der Waals surface area contributed by atoms with E-state index in [1.807, 2.05) is 0 Å². The van der Waals surface area contributed by atoms with Crippen molar-refractivity contribution in [1.29, 1.82) is 0 Å². The van der Waals surface area contributed by atoms with Crippen LogP contribution in [-0.4, -0.2) is 35.9 Å². The fraction of sp³-hybridized carbons (Fsp3) is 0.667. The molecule has 0 spiro atoms. The molecule has 0 aromatic carbocycles. The van der Waals surface area contributed by atoms with Gasteiger partial charge in [-0.25, -0.2) is 4.79 Å². The average Bonchev–Trinajstić information content (AvgIpc) is 2.38. The van der Waals surface area contributed by atoms with Crippen LogP contribution >= 0.6 is 11.6 Å². The van der Waals surface area contributed by atoms with Crippen molar-refractivity contribution in [2.24, 2.45) is 0 Å². The zero-order chi connectivity index (χ0) is 14.1. The van der Waals surface area contributed by atoms with E-state index in [9.17, 15) is 9.59 Å². The third kappa shape index (κ3) is 6.04. The Labute approximate surface area is 116 Å². The van der Waals surface area contributed by atoms with Crippen LogP contribution in [0.15, 0.2) is 15.8 Å². The summed E-state index contributed by atoms with van der Waals surface area (Å²) < 4.78 is 6.75. The topological polar surface area (TPSA) is 76.1 Å². The average molecular weight is 290 g/mol. The van der Waals surface area contributed by atoms with Crippen LogP contribution < -0.4 is 16.6 Å². The Balaban J connectivity index is 2.21. The van der Waals surface area contributed by atoms with Crippen molar-refractivity contribution in [2.75, 3.05) is 26.3 Å². The second kappa shape index (κ2) is 8.90. The third-order valence-electron chi connectivity index (χ3n) is 2.56. The first-order valence-corrected chi connectivity index (χ1v) is 6.80. The molecule has 19 heavy (non-hydrogen) atoms. The first-order valence-electron chi connectivity index (χ1n) is 6.43. The number of unbranched alkanes of at least 4 members (excludes halogenated alkanes) is 1. The van der Waals surface area contributed by atoms with Gasteiger partial charge in [0.05, 0.1) is 6.61 Å². The van der Waals surface area contributed by atoms with Crippen molar-refractivity contribution in [3.8, 4) is 0 Å². The summed E-state index contributed by atoms with van der Waals surface area (Å²) in [7, 11) is 0. The van der Waals surface area contributed by atoms with Gasteiger partial charge in [0.1, 0.15) is 5.02 Å². The molecule has 0 saturated heterocycles. The largest absolute Gasteiger partial charge is 0.380 e. The lowest BCUT2D eigenvalue weighted by Crippen LogP contribution is -2.33. The molecule has 0 unspecified atom stereocenters. The van der Waals surface area contributed by atoms with Crippen LogP contribution in [0.1, 0.15) is 19.8 Å².